The number of nitriles is 2. The number of hydrogen-bond acceptors (Lipinski definition) is 5. The lowest BCUT2D eigenvalue weighted by Crippen LogP contribution is -2.62. The second-order valence-corrected chi connectivity index (χ2v) is 7.43. The standard InChI is InChI=1S/C26H20N5O/c27-16-20(17-28)24-22(18-29)23(19-10-4-1-5-11-19)25(31-14-8-3-9-15-31)26(32,30-24)21-12-6-2-7-13-21/h1-15,23,25,27,30,32H/q+1/t23-,25+,26+/m0/s1. The normalized spacial score (nSPS) is 22.1. The van der Waals surface area contributed by atoms with E-state index in [9.17, 15) is 15.6 Å². The van der Waals surface area contributed by atoms with Gasteiger partial charge in [0.25, 0.3) is 0 Å². The number of hydrogen-bond donors (Lipinski definition) is 3. The minimum Gasteiger partial charge on any atom is -0.362 e. The fourth-order valence-corrected chi connectivity index (χ4v) is 4.29. The molecule has 1 aliphatic heterocycles. The van der Waals surface area contributed by atoms with Crippen molar-refractivity contribution in [2.75, 3.05) is 0 Å². The number of benzene rings is 2. The van der Waals surface area contributed by atoms with Crippen LogP contribution >= 0.6 is 0 Å². The second kappa shape index (κ2) is 8.71. The largest absolute Gasteiger partial charge is 0.362 e. The molecule has 3 atom stereocenters. The van der Waals surface area contributed by atoms with Gasteiger partial charge >= 0.3 is 0 Å². The maximum atomic E-state index is 12.2. The monoisotopic (exact) mass is 418 g/mol. The van der Waals surface area contributed by atoms with E-state index in [0.29, 0.717) is 5.56 Å². The van der Waals surface area contributed by atoms with Crippen LogP contribution in [0.15, 0.2) is 108 Å². The van der Waals surface area contributed by atoms with Gasteiger partial charge in [-0.25, -0.2) is 0 Å². The maximum absolute atomic E-state index is 12.2. The van der Waals surface area contributed by atoms with Crippen LogP contribution in [0.4, 0.5) is 0 Å². The summed E-state index contributed by atoms with van der Waals surface area (Å²) < 4.78 is 1.87. The third kappa shape index (κ3) is 3.47. The molecule has 6 nitrogen and oxygen atoms in total. The molecule has 2 aromatic carbocycles. The Labute approximate surface area is 186 Å². The van der Waals surface area contributed by atoms with Crippen molar-refractivity contribution in [2.24, 2.45) is 0 Å². The molecule has 1 aliphatic rings. The number of aromatic nitrogens is 1. The molecule has 1 aromatic heterocycles. The van der Waals surface area contributed by atoms with Crippen LogP contribution in [0.2, 0.25) is 0 Å². The van der Waals surface area contributed by atoms with E-state index in [0.717, 1.165) is 5.56 Å². The first-order chi connectivity index (χ1) is 15.6. The summed E-state index contributed by atoms with van der Waals surface area (Å²) in [6, 6.07) is 27.6. The van der Waals surface area contributed by atoms with Crippen molar-refractivity contribution in [1.82, 2.24) is 5.32 Å². The van der Waals surface area contributed by atoms with E-state index in [4.69, 9.17) is 5.41 Å². The van der Waals surface area contributed by atoms with Crippen LogP contribution in [0.3, 0.4) is 0 Å². The Morgan fingerprint density at radius 2 is 1.53 bits per heavy atom. The molecule has 3 N–H and O–H groups in total. The zero-order chi connectivity index (χ0) is 22.6. The quantitative estimate of drug-likeness (QED) is 0.343. The van der Waals surface area contributed by atoms with E-state index >= 15 is 0 Å². The summed E-state index contributed by atoms with van der Waals surface area (Å²) in [6.45, 7) is 0. The van der Waals surface area contributed by atoms with Crippen LogP contribution in [0.25, 0.3) is 0 Å². The van der Waals surface area contributed by atoms with Crippen molar-refractivity contribution in [1.29, 1.82) is 15.9 Å². The summed E-state index contributed by atoms with van der Waals surface area (Å²) in [6.07, 6.45) is 3.68. The third-order valence-electron chi connectivity index (χ3n) is 5.68. The van der Waals surface area contributed by atoms with Gasteiger partial charge in [-0.3, -0.25) is 5.41 Å². The summed E-state index contributed by atoms with van der Waals surface area (Å²) in [5, 5.41) is 42.7. The van der Waals surface area contributed by atoms with E-state index in [1.54, 1.807) is 12.1 Å². The molecule has 154 valence electrons. The summed E-state index contributed by atoms with van der Waals surface area (Å²) in [5.41, 5.74) is -0.0940. The van der Waals surface area contributed by atoms with Gasteiger partial charge in [-0.1, -0.05) is 66.7 Å². The average molecular weight is 418 g/mol. The molecule has 2 heterocycles. The van der Waals surface area contributed by atoms with Crippen LogP contribution in [-0.4, -0.2) is 11.0 Å². The van der Waals surface area contributed by atoms with E-state index in [1.807, 2.05) is 89.8 Å². The molecule has 0 radical (unpaired) electrons. The van der Waals surface area contributed by atoms with Crippen molar-refractivity contribution in [3.63, 3.8) is 0 Å². The fourth-order valence-electron chi connectivity index (χ4n) is 4.29. The van der Waals surface area contributed by atoms with E-state index in [-0.39, 0.29) is 16.8 Å². The summed E-state index contributed by atoms with van der Waals surface area (Å²) in [7, 11) is 0. The number of allylic oxidation sites excluding steroid dienone is 2. The first-order valence-corrected chi connectivity index (χ1v) is 10.0. The number of aliphatic hydroxyl groups is 1. The maximum Gasteiger partial charge on any atom is 0.227 e. The summed E-state index contributed by atoms with van der Waals surface area (Å²) in [4.78, 5) is 0. The Bertz CT molecular complexity index is 1280. The highest BCUT2D eigenvalue weighted by atomic mass is 16.3. The molecule has 6 heteroatoms. The highest BCUT2D eigenvalue weighted by Gasteiger charge is 2.56. The van der Waals surface area contributed by atoms with Gasteiger partial charge in [0.15, 0.2) is 12.4 Å². The first kappa shape index (κ1) is 20.8. The van der Waals surface area contributed by atoms with Gasteiger partial charge in [0.1, 0.15) is 11.6 Å². The molecule has 0 bridgehead atoms. The predicted octanol–water partition coefficient (Wildman–Crippen LogP) is 3.22. The minimum atomic E-state index is -1.69. The zero-order valence-electron chi connectivity index (χ0n) is 17.1. The van der Waals surface area contributed by atoms with Gasteiger partial charge < -0.3 is 10.4 Å². The third-order valence-corrected chi connectivity index (χ3v) is 5.68. The molecular formula is C26H20N5O+. The van der Waals surface area contributed by atoms with Gasteiger partial charge in [0.2, 0.25) is 11.8 Å². The molecule has 32 heavy (non-hydrogen) atoms. The molecule has 0 aliphatic carbocycles. The van der Waals surface area contributed by atoms with Crippen LogP contribution < -0.4 is 9.88 Å². The van der Waals surface area contributed by atoms with Gasteiger partial charge in [0, 0.05) is 17.7 Å². The van der Waals surface area contributed by atoms with Gasteiger partial charge in [0.05, 0.1) is 23.3 Å². The topological polar surface area (TPSA) is 108 Å². The lowest BCUT2D eigenvalue weighted by atomic mass is 9.73. The van der Waals surface area contributed by atoms with Gasteiger partial charge in [-0.15, -0.1) is 0 Å². The van der Waals surface area contributed by atoms with Gasteiger partial charge in [-0.2, -0.15) is 15.1 Å². The highest BCUT2D eigenvalue weighted by molar-refractivity contribution is 5.71. The molecule has 0 fully saturated rings. The lowest BCUT2D eigenvalue weighted by molar-refractivity contribution is -0.743. The molecule has 0 saturated heterocycles. The van der Waals surface area contributed by atoms with Crippen molar-refractivity contribution in [3.8, 4) is 12.1 Å². The van der Waals surface area contributed by atoms with Crippen molar-refractivity contribution >= 4 is 5.87 Å². The van der Waals surface area contributed by atoms with Crippen molar-refractivity contribution in [3.05, 3.63) is 119 Å². The van der Waals surface area contributed by atoms with Crippen LogP contribution in [0.1, 0.15) is 23.1 Å². The summed E-state index contributed by atoms with van der Waals surface area (Å²) >= 11 is 0. The molecule has 0 spiro atoms. The Morgan fingerprint density at radius 1 is 0.938 bits per heavy atom. The molecule has 0 unspecified atom stereocenters. The first-order valence-electron chi connectivity index (χ1n) is 10.0. The zero-order valence-corrected chi connectivity index (χ0v) is 17.1. The Hall–Kier alpha value is -4.48. The lowest BCUT2D eigenvalue weighted by Gasteiger charge is -2.42. The van der Waals surface area contributed by atoms with E-state index in [1.165, 1.54) is 0 Å². The molecule has 0 saturated carbocycles. The molecule has 3 aromatic rings. The molecule has 4 rings (SSSR count). The van der Waals surface area contributed by atoms with Crippen LogP contribution in [0.5, 0.6) is 0 Å². The summed E-state index contributed by atoms with van der Waals surface area (Å²) in [5.74, 6) is 1.51. The number of pyridine rings is 1. The Balaban J connectivity index is 2.10. The van der Waals surface area contributed by atoms with Crippen molar-refractivity contribution < 1.29 is 9.67 Å². The highest BCUT2D eigenvalue weighted by Crippen LogP contribution is 2.47. The average Bonchev–Trinajstić information content (AvgIpc) is 2.86. The minimum absolute atomic E-state index is 0.109. The predicted molar refractivity (Wildman–Crippen MR) is 118 cm³/mol. The van der Waals surface area contributed by atoms with Crippen LogP contribution in [0, 0.1) is 28.1 Å². The smallest absolute Gasteiger partial charge is 0.227 e. The van der Waals surface area contributed by atoms with E-state index < -0.39 is 17.7 Å². The Morgan fingerprint density at radius 3 is 2.09 bits per heavy atom. The Kier molecular flexibility index (Phi) is 5.66. The molecular weight excluding hydrogens is 398 g/mol. The molecule has 0 amide bonds. The second-order valence-electron chi connectivity index (χ2n) is 7.43. The van der Waals surface area contributed by atoms with E-state index in [2.05, 4.69) is 17.3 Å². The van der Waals surface area contributed by atoms with Gasteiger partial charge in [-0.05, 0) is 11.4 Å². The number of nitrogens with one attached hydrogen (secondary N) is 2. The SMILES string of the molecule is N#CC(=C=N)C1=C(C#N)[C@H](c2ccccc2)[C@@H]([n+]2ccccc2)[C@](O)(c2ccccc2)N1. The van der Waals surface area contributed by atoms with Crippen molar-refractivity contribution in [2.45, 2.75) is 17.7 Å². The van der Waals surface area contributed by atoms with Crippen LogP contribution in [-0.2, 0) is 5.72 Å². The fraction of sp³-hybridized carbons (Fsp3) is 0.115. The number of nitrogens with zero attached hydrogens (tertiary/aromatic N) is 3. The number of rotatable bonds is 4.